The molecule has 0 aliphatic heterocycles. The van der Waals surface area contributed by atoms with E-state index in [4.69, 9.17) is 4.74 Å². The number of phenolic OH excluding ortho intramolecular Hbond substituents is 1. The second kappa shape index (κ2) is 13.4. The van der Waals surface area contributed by atoms with Crippen molar-refractivity contribution in [1.29, 1.82) is 0 Å². The Balaban J connectivity index is 1.79. The maximum Gasteiger partial charge on any atom is 0.298 e. The number of para-hydroxylation sites is 2. The second-order valence-corrected chi connectivity index (χ2v) is 9.46. The molecule has 0 unspecified atom stereocenters. The van der Waals surface area contributed by atoms with E-state index in [9.17, 15) is 18.1 Å². The lowest BCUT2D eigenvalue weighted by atomic mass is 10.0. The summed E-state index contributed by atoms with van der Waals surface area (Å²) in [6.07, 6.45) is 15.0. The minimum absolute atomic E-state index is 0.00140. The molecule has 2 rings (SSSR count). The zero-order valence-electron chi connectivity index (χ0n) is 18.6. The van der Waals surface area contributed by atoms with Gasteiger partial charge in [-0.3, -0.25) is 4.55 Å². The first-order valence-corrected chi connectivity index (χ1v) is 12.9. The van der Waals surface area contributed by atoms with Gasteiger partial charge >= 0.3 is 0 Å². The predicted molar refractivity (Wildman–Crippen MR) is 125 cm³/mol. The number of unbranched alkanes of at least 4 members (excludes halogenated alkanes) is 10. The molecule has 0 aliphatic carbocycles. The molecule has 0 radical (unpaired) electrons. The largest absolute Gasteiger partial charge is 0.503 e. The SMILES string of the molecule is CCCCCCCCCCCCCc1ccccc1Oc1cccc(S(=O)(=O)O)c1O. The van der Waals surface area contributed by atoms with Gasteiger partial charge in [-0.05, 0) is 36.6 Å². The average Bonchev–Trinajstić information content (AvgIpc) is 2.73. The molecule has 6 heteroatoms. The van der Waals surface area contributed by atoms with Crippen LogP contribution < -0.4 is 4.74 Å². The van der Waals surface area contributed by atoms with E-state index in [-0.39, 0.29) is 5.75 Å². The highest BCUT2D eigenvalue weighted by Crippen LogP contribution is 2.37. The van der Waals surface area contributed by atoms with Crippen LogP contribution in [-0.4, -0.2) is 18.1 Å². The predicted octanol–water partition coefficient (Wildman–Crippen LogP) is 7.28. The molecule has 0 spiro atoms. The highest BCUT2D eigenvalue weighted by molar-refractivity contribution is 7.86. The van der Waals surface area contributed by atoms with Crippen molar-refractivity contribution >= 4 is 10.1 Å². The highest BCUT2D eigenvalue weighted by Gasteiger charge is 2.19. The summed E-state index contributed by atoms with van der Waals surface area (Å²) in [6, 6.07) is 11.6. The van der Waals surface area contributed by atoms with Crippen LogP contribution in [0.2, 0.25) is 0 Å². The number of rotatable bonds is 15. The third-order valence-electron chi connectivity index (χ3n) is 5.48. The molecule has 0 atom stereocenters. The topological polar surface area (TPSA) is 83.8 Å². The molecular weight excluding hydrogens is 412 g/mol. The van der Waals surface area contributed by atoms with Gasteiger partial charge in [-0.25, -0.2) is 0 Å². The van der Waals surface area contributed by atoms with E-state index in [1.165, 1.54) is 69.9 Å². The zero-order chi connectivity index (χ0) is 22.5. The molecule has 5 nitrogen and oxygen atoms in total. The smallest absolute Gasteiger partial charge is 0.298 e. The van der Waals surface area contributed by atoms with Gasteiger partial charge in [0.25, 0.3) is 10.1 Å². The van der Waals surface area contributed by atoms with E-state index in [0.717, 1.165) is 30.9 Å². The van der Waals surface area contributed by atoms with Crippen molar-refractivity contribution < 1.29 is 22.8 Å². The summed E-state index contributed by atoms with van der Waals surface area (Å²) < 4.78 is 37.8. The van der Waals surface area contributed by atoms with Crippen molar-refractivity contribution in [2.45, 2.75) is 88.9 Å². The summed E-state index contributed by atoms with van der Waals surface area (Å²) in [5.74, 6) is -0.00613. The average molecular weight is 449 g/mol. The van der Waals surface area contributed by atoms with Crippen LogP contribution >= 0.6 is 0 Å². The lowest BCUT2D eigenvalue weighted by Crippen LogP contribution is -2.00. The molecule has 2 N–H and O–H groups in total. The minimum atomic E-state index is -4.52. The molecule has 0 aliphatic rings. The Bertz CT molecular complexity index is 893. The van der Waals surface area contributed by atoms with Crippen LogP contribution in [0.5, 0.6) is 17.2 Å². The summed E-state index contributed by atoms with van der Waals surface area (Å²) in [7, 11) is -4.52. The van der Waals surface area contributed by atoms with E-state index in [1.54, 1.807) is 6.07 Å². The van der Waals surface area contributed by atoms with Gasteiger partial charge in [0, 0.05) is 0 Å². The van der Waals surface area contributed by atoms with E-state index >= 15 is 0 Å². The Morgan fingerprint density at radius 2 is 1.29 bits per heavy atom. The van der Waals surface area contributed by atoms with Crippen LogP contribution in [0.15, 0.2) is 47.4 Å². The van der Waals surface area contributed by atoms with Gasteiger partial charge < -0.3 is 9.84 Å². The molecule has 0 amide bonds. The number of phenols is 1. The first-order valence-electron chi connectivity index (χ1n) is 11.5. The van der Waals surface area contributed by atoms with Gasteiger partial charge in [-0.2, -0.15) is 8.42 Å². The molecule has 0 saturated carbocycles. The summed E-state index contributed by atoms with van der Waals surface area (Å²) in [6.45, 7) is 2.25. The number of ether oxygens (including phenoxy) is 1. The summed E-state index contributed by atoms with van der Waals surface area (Å²) >= 11 is 0. The monoisotopic (exact) mass is 448 g/mol. The third kappa shape index (κ3) is 8.91. The molecule has 0 heterocycles. The second-order valence-electron chi connectivity index (χ2n) is 8.07. The van der Waals surface area contributed by atoms with Gasteiger partial charge in [0.1, 0.15) is 10.6 Å². The Labute approximate surface area is 187 Å². The van der Waals surface area contributed by atoms with Crippen LogP contribution in [0.1, 0.15) is 83.1 Å². The van der Waals surface area contributed by atoms with Gasteiger partial charge in [-0.1, -0.05) is 95.4 Å². The fourth-order valence-corrected chi connectivity index (χ4v) is 4.30. The lowest BCUT2D eigenvalue weighted by molar-refractivity contribution is 0.393. The molecule has 31 heavy (non-hydrogen) atoms. The highest BCUT2D eigenvalue weighted by atomic mass is 32.2. The lowest BCUT2D eigenvalue weighted by Gasteiger charge is -2.13. The first-order chi connectivity index (χ1) is 14.9. The number of hydrogen-bond donors (Lipinski definition) is 2. The number of aryl methyl sites for hydroxylation is 1. The molecule has 0 fully saturated rings. The number of aromatic hydroxyl groups is 1. The standard InChI is InChI=1S/C25H36O5S/c1-2-3-4-5-6-7-8-9-10-11-12-16-21-17-13-14-18-22(21)30-23-19-15-20-24(25(23)26)31(27,28)29/h13-15,17-20,26H,2-12,16H2,1H3,(H,27,28,29). The Morgan fingerprint density at radius 3 is 1.90 bits per heavy atom. The molecule has 0 saturated heterocycles. The van der Waals surface area contributed by atoms with E-state index in [1.807, 2.05) is 18.2 Å². The Hall–Kier alpha value is -2.05. The number of hydrogen-bond acceptors (Lipinski definition) is 4. The van der Waals surface area contributed by atoms with Gasteiger partial charge in [0.05, 0.1) is 0 Å². The van der Waals surface area contributed by atoms with Crippen LogP contribution in [-0.2, 0) is 16.5 Å². The summed E-state index contributed by atoms with van der Waals surface area (Å²) in [5, 5.41) is 10.2. The van der Waals surface area contributed by atoms with Gasteiger partial charge in [0.2, 0.25) is 0 Å². The van der Waals surface area contributed by atoms with Gasteiger partial charge in [0.15, 0.2) is 11.5 Å². The first kappa shape index (κ1) is 25.2. The van der Waals surface area contributed by atoms with Crippen LogP contribution in [0, 0.1) is 0 Å². The van der Waals surface area contributed by atoms with Crippen molar-refractivity contribution in [3.8, 4) is 17.2 Å². The molecule has 0 bridgehead atoms. The van der Waals surface area contributed by atoms with Crippen LogP contribution in [0.25, 0.3) is 0 Å². The van der Waals surface area contributed by atoms with Crippen molar-refractivity contribution in [3.63, 3.8) is 0 Å². The number of benzene rings is 2. The molecule has 0 aromatic heterocycles. The van der Waals surface area contributed by atoms with Crippen LogP contribution in [0.3, 0.4) is 0 Å². The fraction of sp³-hybridized carbons (Fsp3) is 0.520. The Kier molecular flexibility index (Phi) is 10.9. The van der Waals surface area contributed by atoms with E-state index in [0.29, 0.717) is 5.75 Å². The van der Waals surface area contributed by atoms with Crippen molar-refractivity contribution in [2.75, 3.05) is 0 Å². The third-order valence-corrected chi connectivity index (χ3v) is 6.37. The molecule has 2 aromatic rings. The van der Waals surface area contributed by atoms with Crippen molar-refractivity contribution in [3.05, 3.63) is 48.0 Å². The van der Waals surface area contributed by atoms with E-state index < -0.39 is 20.8 Å². The Morgan fingerprint density at radius 1 is 0.742 bits per heavy atom. The maximum atomic E-state index is 11.4. The minimum Gasteiger partial charge on any atom is -0.503 e. The van der Waals surface area contributed by atoms with Crippen molar-refractivity contribution in [1.82, 2.24) is 0 Å². The maximum absolute atomic E-state index is 11.4. The quantitative estimate of drug-likeness (QED) is 0.221. The molecule has 2 aromatic carbocycles. The van der Waals surface area contributed by atoms with Crippen LogP contribution in [0.4, 0.5) is 0 Å². The normalized spacial score (nSPS) is 11.5. The summed E-state index contributed by atoms with van der Waals surface area (Å²) in [4.78, 5) is -0.562. The summed E-state index contributed by atoms with van der Waals surface area (Å²) in [5.41, 5.74) is 1.01. The molecule has 172 valence electrons. The molecular formula is C25H36O5S. The fourth-order valence-electron chi connectivity index (χ4n) is 3.70. The van der Waals surface area contributed by atoms with E-state index in [2.05, 4.69) is 6.92 Å². The van der Waals surface area contributed by atoms with Crippen molar-refractivity contribution in [2.24, 2.45) is 0 Å². The van der Waals surface area contributed by atoms with Gasteiger partial charge in [-0.15, -0.1) is 0 Å². The zero-order valence-corrected chi connectivity index (χ0v) is 19.4.